The van der Waals surface area contributed by atoms with Crippen molar-refractivity contribution in [3.63, 3.8) is 0 Å². The summed E-state index contributed by atoms with van der Waals surface area (Å²) >= 11 is 1.55. The molecule has 0 saturated heterocycles. The van der Waals surface area contributed by atoms with Gasteiger partial charge in [0, 0.05) is 12.6 Å². The number of hydrogen-bond acceptors (Lipinski definition) is 4. The summed E-state index contributed by atoms with van der Waals surface area (Å²) < 4.78 is 0. The van der Waals surface area contributed by atoms with Gasteiger partial charge in [0.05, 0.1) is 12.6 Å². The Balaban J connectivity index is 2.19. The van der Waals surface area contributed by atoms with Crippen molar-refractivity contribution in [3.8, 4) is 0 Å². The largest absolute Gasteiger partial charge is 0.387 e. The fraction of sp³-hybridized carbons (Fsp3) is 0.615. The molecule has 18 heavy (non-hydrogen) atoms. The van der Waals surface area contributed by atoms with Crippen molar-refractivity contribution in [1.82, 2.24) is 10.6 Å². The number of hydrogen-bond donors (Lipinski definition) is 3. The predicted octanol–water partition coefficient (Wildman–Crippen LogP) is 1.68. The van der Waals surface area contributed by atoms with E-state index in [0.29, 0.717) is 6.54 Å². The molecule has 1 unspecified atom stereocenters. The maximum atomic E-state index is 11.6. The Morgan fingerprint density at radius 1 is 1.44 bits per heavy atom. The Hall–Kier alpha value is -0.910. The van der Waals surface area contributed by atoms with Crippen molar-refractivity contribution in [3.05, 3.63) is 22.4 Å². The minimum absolute atomic E-state index is 0.0128. The number of thiophene rings is 1. The summed E-state index contributed by atoms with van der Waals surface area (Å²) in [6.45, 7) is 4.76. The number of carbonyl (C=O) groups excluding carboxylic acids is 1. The van der Waals surface area contributed by atoms with Gasteiger partial charge in [-0.25, -0.2) is 0 Å². The number of carbonyl (C=O) groups is 1. The van der Waals surface area contributed by atoms with Crippen LogP contribution in [-0.4, -0.2) is 30.1 Å². The van der Waals surface area contributed by atoms with Crippen LogP contribution in [0, 0.1) is 0 Å². The zero-order valence-corrected chi connectivity index (χ0v) is 11.8. The highest BCUT2D eigenvalue weighted by Crippen LogP contribution is 2.14. The normalized spacial score (nSPS) is 12.7. The SMILES string of the molecule is CCC(CC)NC(=O)CNCC(O)c1ccsc1. The second kappa shape index (κ2) is 8.24. The molecule has 0 aliphatic heterocycles. The van der Waals surface area contributed by atoms with Gasteiger partial charge in [-0.1, -0.05) is 13.8 Å². The van der Waals surface area contributed by atoms with E-state index >= 15 is 0 Å². The Morgan fingerprint density at radius 2 is 2.17 bits per heavy atom. The smallest absolute Gasteiger partial charge is 0.234 e. The van der Waals surface area contributed by atoms with E-state index in [-0.39, 0.29) is 18.5 Å². The van der Waals surface area contributed by atoms with Gasteiger partial charge in [-0.15, -0.1) is 0 Å². The number of amides is 1. The molecular formula is C13H22N2O2S. The lowest BCUT2D eigenvalue weighted by Gasteiger charge is -2.15. The van der Waals surface area contributed by atoms with E-state index in [0.717, 1.165) is 18.4 Å². The van der Waals surface area contributed by atoms with Crippen molar-refractivity contribution in [1.29, 1.82) is 0 Å². The van der Waals surface area contributed by atoms with E-state index in [1.165, 1.54) is 0 Å². The van der Waals surface area contributed by atoms with Gasteiger partial charge in [-0.3, -0.25) is 4.79 Å². The van der Waals surface area contributed by atoms with Crippen LogP contribution in [-0.2, 0) is 4.79 Å². The Bertz CT molecular complexity index is 337. The van der Waals surface area contributed by atoms with E-state index in [9.17, 15) is 9.90 Å². The van der Waals surface area contributed by atoms with Gasteiger partial charge in [0.15, 0.2) is 0 Å². The number of aliphatic hydroxyl groups excluding tert-OH is 1. The summed E-state index contributed by atoms with van der Waals surface area (Å²) in [5.74, 6) is -0.0128. The lowest BCUT2D eigenvalue weighted by molar-refractivity contribution is -0.121. The zero-order chi connectivity index (χ0) is 13.4. The van der Waals surface area contributed by atoms with Crippen molar-refractivity contribution in [2.75, 3.05) is 13.1 Å². The van der Waals surface area contributed by atoms with Gasteiger partial charge < -0.3 is 15.7 Å². The summed E-state index contributed by atoms with van der Waals surface area (Å²) in [4.78, 5) is 11.6. The Morgan fingerprint density at radius 3 is 2.72 bits per heavy atom. The first kappa shape index (κ1) is 15.1. The van der Waals surface area contributed by atoms with Gasteiger partial charge >= 0.3 is 0 Å². The third-order valence-corrected chi connectivity index (χ3v) is 3.60. The van der Waals surface area contributed by atoms with Crippen molar-refractivity contribution < 1.29 is 9.90 Å². The molecule has 0 aromatic carbocycles. The molecule has 102 valence electrons. The van der Waals surface area contributed by atoms with Crippen LogP contribution in [0.1, 0.15) is 38.4 Å². The van der Waals surface area contributed by atoms with E-state index in [4.69, 9.17) is 0 Å². The Labute approximate surface area is 112 Å². The van der Waals surface area contributed by atoms with Gasteiger partial charge in [-0.2, -0.15) is 11.3 Å². The van der Waals surface area contributed by atoms with E-state index in [1.54, 1.807) is 11.3 Å². The molecule has 0 radical (unpaired) electrons. The molecule has 0 spiro atoms. The molecule has 0 aliphatic carbocycles. The first-order valence-electron chi connectivity index (χ1n) is 6.37. The molecule has 1 rings (SSSR count). The van der Waals surface area contributed by atoms with Crippen LogP contribution in [0.15, 0.2) is 16.8 Å². The third-order valence-electron chi connectivity index (χ3n) is 2.90. The quantitative estimate of drug-likeness (QED) is 0.673. The van der Waals surface area contributed by atoms with E-state index in [2.05, 4.69) is 24.5 Å². The van der Waals surface area contributed by atoms with Crippen LogP contribution in [0.25, 0.3) is 0 Å². The molecule has 5 heteroatoms. The highest BCUT2D eigenvalue weighted by Gasteiger charge is 2.10. The number of aliphatic hydroxyl groups is 1. The minimum Gasteiger partial charge on any atom is -0.387 e. The molecule has 4 nitrogen and oxygen atoms in total. The summed E-state index contributed by atoms with van der Waals surface area (Å²) in [6, 6.07) is 2.14. The maximum Gasteiger partial charge on any atom is 0.234 e. The second-order valence-corrected chi connectivity index (χ2v) is 5.06. The third kappa shape index (κ3) is 5.16. The van der Waals surface area contributed by atoms with E-state index in [1.807, 2.05) is 16.8 Å². The average molecular weight is 270 g/mol. The first-order chi connectivity index (χ1) is 8.67. The molecular weight excluding hydrogens is 248 g/mol. The molecule has 1 amide bonds. The van der Waals surface area contributed by atoms with Crippen LogP contribution in [0.2, 0.25) is 0 Å². The van der Waals surface area contributed by atoms with Crippen LogP contribution >= 0.6 is 11.3 Å². The van der Waals surface area contributed by atoms with Crippen molar-refractivity contribution in [2.45, 2.75) is 38.8 Å². The van der Waals surface area contributed by atoms with Crippen LogP contribution in [0.4, 0.5) is 0 Å². The molecule has 1 aromatic rings. The topological polar surface area (TPSA) is 61.4 Å². The van der Waals surface area contributed by atoms with Crippen LogP contribution in [0.5, 0.6) is 0 Å². The first-order valence-corrected chi connectivity index (χ1v) is 7.31. The van der Waals surface area contributed by atoms with Crippen molar-refractivity contribution >= 4 is 17.2 Å². The highest BCUT2D eigenvalue weighted by atomic mass is 32.1. The fourth-order valence-electron chi connectivity index (χ4n) is 1.68. The molecule has 0 saturated carbocycles. The summed E-state index contributed by atoms with van der Waals surface area (Å²) in [5.41, 5.74) is 0.896. The summed E-state index contributed by atoms with van der Waals surface area (Å²) in [6.07, 6.45) is 1.34. The molecule has 3 N–H and O–H groups in total. The molecule has 0 bridgehead atoms. The monoisotopic (exact) mass is 270 g/mol. The minimum atomic E-state index is -0.544. The van der Waals surface area contributed by atoms with Gasteiger partial charge in [-0.05, 0) is 35.2 Å². The fourth-order valence-corrected chi connectivity index (χ4v) is 2.38. The van der Waals surface area contributed by atoms with Crippen LogP contribution in [0.3, 0.4) is 0 Å². The molecule has 1 heterocycles. The molecule has 0 aliphatic rings. The molecule has 1 aromatic heterocycles. The highest BCUT2D eigenvalue weighted by molar-refractivity contribution is 7.07. The van der Waals surface area contributed by atoms with Crippen molar-refractivity contribution in [2.24, 2.45) is 0 Å². The lowest BCUT2D eigenvalue weighted by Crippen LogP contribution is -2.40. The van der Waals surface area contributed by atoms with E-state index < -0.39 is 6.10 Å². The molecule has 0 fully saturated rings. The standard InChI is InChI=1S/C13H22N2O2S/c1-3-11(4-2)15-13(17)8-14-7-12(16)10-5-6-18-9-10/h5-6,9,11-12,14,16H,3-4,7-8H2,1-2H3,(H,15,17). The lowest BCUT2D eigenvalue weighted by atomic mass is 10.2. The Kier molecular flexibility index (Phi) is 6.93. The summed E-state index contributed by atoms with van der Waals surface area (Å²) in [7, 11) is 0. The van der Waals surface area contributed by atoms with Crippen LogP contribution < -0.4 is 10.6 Å². The second-order valence-electron chi connectivity index (χ2n) is 4.28. The predicted molar refractivity (Wildman–Crippen MR) is 74.7 cm³/mol. The average Bonchev–Trinajstić information content (AvgIpc) is 2.89. The van der Waals surface area contributed by atoms with Gasteiger partial charge in [0.25, 0.3) is 0 Å². The van der Waals surface area contributed by atoms with Gasteiger partial charge in [0.1, 0.15) is 0 Å². The summed E-state index contributed by atoms with van der Waals surface area (Å²) in [5, 5.41) is 19.6. The number of nitrogens with one attached hydrogen (secondary N) is 2. The molecule has 1 atom stereocenters. The zero-order valence-electron chi connectivity index (χ0n) is 11.0. The maximum absolute atomic E-state index is 11.6. The van der Waals surface area contributed by atoms with Gasteiger partial charge in [0.2, 0.25) is 5.91 Å². The number of rotatable bonds is 8.